The predicted octanol–water partition coefficient (Wildman–Crippen LogP) is 1.64. The SMILES string of the molecule is COc1ccc(C[C@@H](NC(=O)[C@H]2CCCO2)C(=O)O)cc1Cl. The van der Waals surface area contributed by atoms with E-state index in [2.05, 4.69) is 5.32 Å². The fourth-order valence-electron chi connectivity index (χ4n) is 2.32. The number of carboxylic acid groups (broad SMARTS) is 1. The third-order valence-electron chi connectivity index (χ3n) is 3.49. The smallest absolute Gasteiger partial charge is 0.326 e. The highest BCUT2D eigenvalue weighted by molar-refractivity contribution is 6.32. The Morgan fingerprint density at radius 3 is 2.86 bits per heavy atom. The Morgan fingerprint density at radius 2 is 2.32 bits per heavy atom. The predicted molar refractivity (Wildman–Crippen MR) is 80.2 cm³/mol. The number of hydrogen-bond acceptors (Lipinski definition) is 4. The van der Waals surface area contributed by atoms with Gasteiger partial charge in [0.25, 0.3) is 0 Å². The second-order valence-corrected chi connectivity index (χ2v) is 5.48. The van der Waals surface area contributed by atoms with E-state index in [1.54, 1.807) is 18.2 Å². The summed E-state index contributed by atoms with van der Waals surface area (Å²) in [5.41, 5.74) is 0.700. The van der Waals surface area contributed by atoms with Gasteiger partial charge in [-0.15, -0.1) is 0 Å². The maximum Gasteiger partial charge on any atom is 0.326 e. The summed E-state index contributed by atoms with van der Waals surface area (Å²) < 4.78 is 10.3. The molecule has 120 valence electrons. The van der Waals surface area contributed by atoms with E-state index < -0.39 is 18.1 Å². The van der Waals surface area contributed by atoms with Crippen molar-refractivity contribution in [1.82, 2.24) is 5.32 Å². The van der Waals surface area contributed by atoms with Crippen molar-refractivity contribution < 1.29 is 24.2 Å². The molecular weight excluding hydrogens is 310 g/mol. The monoisotopic (exact) mass is 327 g/mol. The highest BCUT2D eigenvalue weighted by atomic mass is 35.5. The lowest BCUT2D eigenvalue weighted by molar-refractivity contribution is -0.143. The number of ether oxygens (including phenoxy) is 2. The van der Waals surface area contributed by atoms with E-state index in [0.717, 1.165) is 6.42 Å². The molecule has 7 heteroatoms. The van der Waals surface area contributed by atoms with Crippen molar-refractivity contribution in [2.45, 2.75) is 31.4 Å². The summed E-state index contributed by atoms with van der Waals surface area (Å²) >= 11 is 6.02. The van der Waals surface area contributed by atoms with Crippen LogP contribution in [0.2, 0.25) is 5.02 Å². The van der Waals surface area contributed by atoms with E-state index in [1.165, 1.54) is 7.11 Å². The molecule has 0 aliphatic carbocycles. The van der Waals surface area contributed by atoms with Crippen molar-refractivity contribution in [1.29, 1.82) is 0 Å². The molecule has 1 fully saturated rings. The second kappa shape index (κ2) is 7.47. The summed E-state index contributed by atoms with van der Waals surface area (Å²) in [4.78, 5) is 23.3. The quantitative estimate of drug-likeness (QED) is 0.829. The fraction of sp³-hybridized carbons (Fsp3) is 0.467. The third kappa shape index (κ3) is 4.11. The van der Waals surface area contributed by atoms with Crippen LogP contribution in [0.25, 0.3) is 0 Å². The molecule has 0 spiro atoms. The standard InChI is InChI=1S/C15H18ClNO5/c1-21-12-5-4-9(7-10(12)16)8-11(15(19)20)17-14(18)13-3-2-6-22-13/h4-5,7,11,13H,2-3,6,8H2,1H3,(H,17,18)(H,19,20)/t11-,13-/m1/s1. The zero-order valence-corrected chi connectivity index (χ0v) is 12.9. The number of rotatable bonds is 6. The van der Waals surface area contributed by atoms with E-state index in [9.17, 15) is 14.7 Å². The molecule has 0 aromatic heterocycles. The van der Waals surface area contributed by atoms with Crippen molar-refractivity contribution >= 4 is 23.5 Å². The van der Waals surface area contributed by atoms with E-state index >= 15 is 0 Å². The Bertz CT molecular complexity index is 557. The number of benzene rings is 1. The van der Waals surface area contributed by atoms with Gasteiger partial charge in [-0.2, -0.15) is 0 Å². The molecule has 1 aromatic rings. The van der Waals surface area contributed by atoms with Gasteiger partial charge in [0, 0.05) is 13.0 Å². The van der Waals surface area contributed by atoms with Gasteiger partial charge < -0.3 is 19.9 Å². The second-order valence-electron chi connectivity index (χ2n) is 5.07. The normalized spacial score (nSPS) is 18.7. The zero-order chi connectivity index (χ0) is 16.1. The number of methoxy groups -OCH3 is 1. The summed E-state index contributed by atoms with van der Waals surface area (Å²) in [5.74, 6) is -0.969. The Balaban J connectivity index is 2.03. The third-order valence-corrected chi connectivity index (χ3v) is 3.79. The Kier molecular flexibility index (Phi) is 5.63. The van der Waals surface area contributed by atoms with Crippen LogP contribution in [-0.2, 0) is 20.7 Å². The molecular formula is C15H18ClNO5. The van der Waals surface area contributed by atoms with Crippen molar-refractivity contribution in [3.63, 3.8) is 0 Å². The molecule has 0 bridgehead atoms. The van der Waals surface area contributed by atoms with Gasteiger partial charge in [0.1, 0.15) is 17.9 Å². The van der Waals surface area contributed by atoms with Crippen molar-refractivity contribution in [3.05, 3.63) is 28.8 Å². The molecule has 1 heterocycles. The van der Waals surface area contributed by atoms with Crippen LogP contribution in [0.4, 0.5) is 0 Å². The molecule has 0 saturated carbocycles. The van der Waals surface area contributed by atoms with Crippen LogP contribution >= 0.6 is 11.6 Å². The van der Waals surface area contributed by atoms with E-state index in [-0.39, 0.29) is 12.3 Å². The molecule has 1 saturated heterocycles. The van der Waals surface area contributed by atoms with Gasteiger partial charge >= 0.3 is 5.97 Å². The van der Waals surface area contributed by atoms with Crippen molar-refractivity contribution in [2.24, 2.45) is 0 Å². The minimum Gasteiger partial charge on any atom is -0.495 e. The Hall–Kier alpha value is -1.79. The van der Waals surface area contributed by atoms with E-state index in [0.29, 0.717) is 29.4 Å². The molecule has 0 unspecified atom stereocenters. The van der Waals surface area contributed by atoms with E-state index in [1.807, 2.05) is 0 Å². The molecule has 6 nitrogen and oxygen atoms in total. The average Bonchev–Trinajstić information content (AvgIpc) is 3.01. The molecule has 1 amide bonds. The molecule has 1 aliphatic heterocycles. The average molecular weight is 328 g/mol. The lowest BCUT2D eigenvalue weighted by Gasteiger charge is -2.17. The topological polar surface area (TPSA) is 84.9 Å². The van der Waals surface area contributed by atoms with Crippen LogP contribution in [-0.4, -0.2) is 42.8 Å². The number of nitrogens with one attached hydrogen (secondary N) is 1. The molecule has 2 rings (SSSR count). The summed E-state index contributed by atoms with van der Waals surface area (Å²) in [6.07, 6.45) is 1.01. The Labute approximate surface area is 133 Å². The van der Waals surface area contributed by atoms with Crippen molar-refractivity contribution in [2.75, 3.05) is 13.7 Å². The first-order chi connectivity index (χ1) is 10.5. The number of carbonyl (C=O) groups excluding carboxylic acids is 1. The fourth-order valence-corrected chi connectivity index (χ4v) is 2.60. The van der Waals surface area contributed by atoms with E-state index in [4.69, 9.17) is 21.1 Å². The van der Waals surface area contributed by atoms with Crippen LogP contribution in [0.3, 0.4) is 0 Å². The number of aliphatic carboxylic acids is 1. The van der Waals surface area contributed by atoms with Gasteiger partial charge in [-0.1, -0.05) is 17.7 Å². The summed E-state index contributed by atoms with van der Waals surface area (Å²) in [6.45, 7) is 0.532. The molecule has 22 heavy (non-hydrogen) atoms. The van der Waals surface area contributed by atoms with Crippen LogP contribution in [0.1, 0.15) is 18.4 Å². The zero-order valence-electron chi connectivity index (χ0n) is 12.2. The summed E-state index contributed by atoms with van der Waals surface area (Å²) in [6, 6.07) is 3.99. The molecule has 2 N–H and O–H groups in total. The molecule has 0 radical (unpaired) electrons. The van der Waals surface area contributed by atoms with Gasteiger partial charge in [0.2, 0.25) is 5.91 Å². The lowest BCUT2D eigenvalue weighted by atomic mass is 10.1. The van der Waals surface area contributed by atoms with Gasteiger partial charge in [-0.3, -0.25) is 4.79 Å². The largest absolute Gasteiger partial charge is 0.495 e. The van der Waals surface area contributed by atoms with Gasteiger partial charge in [0.05, 0.1) is 12.1 Å². The maximum atomic E-state index is 12.0. The first-order valence-electron chi connectivity index (χ1n) is 6.98. The number of carbonyl (C=O) groups is 2. The summed E-state index contributed by atoms with van der Waals surface area (Å²) in [7, 11) is 1.50. The Morgan fingerprint density at radius 1 is 1.55 bits per heavy atom. The molecule has 2 atom stereocenters. The van der Waals surface area contributed by atoms with Crippen LogP contribution < -0.4 is 10.1 Å². The maximum absolute atomic E-state index is 12.0. The summed E-state index contributed by atoms with van der Waals surface area (Å²) in [5, 5.41) is 12.2. The van der Waals surface area contributed by atoms with Crippen molar-refractivity contribution in [3.8, 4) is 5.75 Å². The number of hydrogen-bond donors (Lipinski definition) is 2. The van der Waals surface area contributed by atoms with Gasteiger partial charge in [-0.25, -0.2) is 4.79 Å². The van der Waals surface area contributed by atoms with Gasteiger partial charge in [-0.05, 0) is 30.5 Å². The number of amides is 1. The number of carboxylic acids is 1. The van der Waals surface area contributed by atoms with Crippen LogP contribution in [0, 0.1) is 0 Å². The first-order valence-corrected chi connectivity index (χ1v) is 7.36. The molecule has 1 aromatic carbocycles. The lowest BCUT2D eigenvalue weighted by Crippen LogP contribution is -2.46. The van der Waals surface area contributed by atoms with Crippen LogP contribution in [0.5, 0.6) is 5.75 Å². The minimum atomic E-state index is -1.10. The van der Waals surface area contributed by atoms with Gasteiger partial charge in [0.15, 0.2) is 0 Å². The van der Waals surface area contributed by atoms with Crippen LogP contribution in [0.15, 0.2) is 18.2 Å². The number of halogens is 1. The first kappa shape index (κ1) is 16.6. The highest BCUT2D eigenvalue weighted by Gasteiger charge is 2.28. The highest BCUT2D eigenvalue weighted by Crippen LogP contribution is 2.25. The molecule has 1 aliphatic rings. The minimum absolute atomic E-state index is 0.136.